The quantitative estimate of drug-likeness (QED) is 0.707. The number of aromatic nitrogens is 3. The second kappa shape index (κ2) is 4.71. The highest BCUT2D eigenvalue weighted by Crippen LogP contribution is 2.08. The van der Waals surface area contributed by atoms with E-state index in [0.29, 0.717) is 18.8 Å². The fraction of sp³-hybridized carbons (Fsp3) is 0.625. The highest BCUT2D eigenvalue weighted by Gasteiger charge is 2.09. The van der Waals surface area contributed by atoms with Crippen LogP contribution in [0.3, 0.4) is 0 Å². The highest BCUT2D eigenvalue weighted by molar-refractivity contribution is 5.66. The first-order valence-corrected chi connectivity index (χ1v) is 4.39. The molecule has 0 spiro atoms. The van der Waals surface area contributed by atoms with Crippen molar-refractivity contribution < 1.29 is 15.0 Å². The van der Waals surface area contributed by atoms with Gasteiger partial charge in [0.1, 0.15) is 12.4 Å². The summed E-state index contributed by atoms with van der Waals surface area (Å²) in [5.41, 5.74) is 0. The molecule has 0 aliphatic carbocycles. The molecule has 1 aromatic rings. The Balaban J connectivity index is 2.50. The third-order valence-electron chi connectivity index (χ3n) is 1.81. The summed E-state index contributed by atoms with van der Waals surface area (Å²) in [4.78, 5) is 10.3. The summed E-state index contributed by atoms with van der Waals surface area (Å²) >= 11 is 0. The molecule has 6 nitrogen and oxygen atoms in total. The molecule has 0 aliphatic heterocycles. The number of aryl methyl sites for hydroxylation is 1. The molecule has 0 aromatic carbocycles. The zero-order valence-corrected chi connectivity index (χ0v) is 7.92. The first-order valence-electron chi connectivity index (χ1n) is 4.39. The second-order valence-electron chi connectivity index (χ2n) is 3.06. The monoisotopic (exact) mass is 199 g/mol. The molecule has 2 N–H and O–H groups in total. The van der Waals surface area contributed by atoms with Crippen LogP contribution in [-0.4, -0.2) is 30.9 Å². The van der Waals surface area contributed by atoms with Gasteiger partial charge in [-0.1, -0.05) is 0 Å². The van der Waals surface area contributed by atoms with E-state index in [1.54, 1.807) is 11.5 Å². The Morgan fingerprint density at radius 2 is 2.43 bits per heavy atom. The van der Waals surface area contributed by atoms with Crippen LogP contribution in [0.2, 0.25) is 0 Å². The molecule has 0 fully saturated rings. The lowest BCUT2D eigenvalue weighted by Crippen LogP contribution is -2.07. The van der Waals surface area contributed by atoms with Crippen LogP contribution in [0.15, 0.2) is 6.33 Å². The van der Waals surface area contributed by atoms with Gasteiger partial charge in [0.2, 0.25) is 0 Å². The second-order valence-corrected chi connectivity index (χ2v) is 3.06. The summed E-state index contributed by atoms with van der Waals surface area (Å²) in [6, 6.07) is 0. The fourth-order valence-electron chi connectivity index (χ4n) is 1.16. The average Bonchev–Trinajstić information content (AvgIpc) is 2.51. The number of aliphatic hydroxyl groups excluding tert-OH is 1. The molecule has 0 saturated heterocycles. The van der Waals surface area contributed by atoms with Gasteiger partial charge in [0.25, 0.3) is 0 Å². The number of rotatable bonds is 5. The SMILES string of the molecule is CC(O)c1nncn1CCCC(=O)O. The van der Waals surface area contributed by atoms with Crippen molar-refractivity contribution in [2.75, 3.05) is 0 Å². The number of hydrogen-bond donors (Lipinski definition) is 2. The predicted molar refractivity (Wildman–Crippen MR) is 47.5 cm³/mol. The molecule has 0 aliphatic rings. The Labute approximate surface area is 81.2 Å². The number of hydrogen-bond acceptors (Lipinski definition) is 4. The Morgan fingerprint density at radius 1 is 1.71 bits per heavy atom. The van der Waals surface area contributed by atoms with Gasteiger partial charge in [0.15, 0.2) is 5.82 Å². The van der Waals surface area contributed by atoms with Crippen LogP contribution in [0.5, 0.6) is 0 Å². The minimum absolute atomic E-state index is 0.109. The Morgan fingerprint density at radius 3 is 3.00 bits per heavy atom. The van der Waals surface area contributed by atoms with E-state index in [4.69, 9.17) is 5.11 Å². The molecule has 1 unspecified atom stereocenters. The summed E-state index contributed by atoms with van der Waals surface area (Å²) in [7, 11) is 0. The lowest BCUT2D eigenvalue weighted by atomic mass is 10.3. The van der Waals surface area contributed by atoms with Crippen LogP contribution in [0, 0.1) is 0 Å². The van der Waals surface area contributed by atoms with E-state index < -0.39 is 12.1 Å². The highest BCUT2D eigenvalue weighted by atomic mass is 16.4. The van der Waals surface area contributed by atoms with Crippen molar-refractivity contribution in [1.29, 1.82) is 0 Å². The minimum atomic E-state index is -0.823. The van der Waals surface area contributed by atoms with Crippen molar-refractivity contribution in [1.82, 2.24) is 14.8 Å². The number of carboxylic acid groups (broad SMARTS) is 1. The van der Waals surface area contributed by atoms with E-state index in [1.165, 1.54) is 6.33 Å². The zero-order valence-electron chi connectivity index (χ0n) is 7.92. The number of aliphatic carboxylic acids is 1. The molecule has 1 aromatic heterocycles. The van der Waals surface area contributed by atoms with E-state index in [9.17, 15) is 9.90 Å². The molecule has 0 saturated carbocycles. The third kappa shape index (κ3) is 2.81. The molecule has 0 bridgehead atoms. The van der Waals surface area contributed by atoms with Gasteiger partial charge in [-0.2, -0.15) is 0 Å². The largest absolute Gasteiger partial charge is 0.481 e. The van der Waals surface area contributed by atoms with Gasteiger partial charge in [0, 0.05) is 13.0 Å². The van der Waals surface area contributed by atoms with Crippen LogP contribution in [0.4, 0.5) is 0 Å². The summed E-state index contributed by atoms with van der Waals surface area (Å²) in [6.45, 7) is 2.11. The van der Waals surface area contributed by atoms with Gasteiger partial charge in [0.05, 0.1) is 0 Å². The molecule has 78 valence electrons. The molecule has 0 radical (unpaired) electrons. The van der Waals surface area contributed by atoms with Gasteiger partial charge >= 0.3 is 5.97 Å². The third-order valence-corrected chi connectivity index (χ3v) is 1.81. The molecule has 6 heteroatoms. The number of nitrogens with zero attached hydrogens (tertiary/aromatic N) is 3. The predicted octanol–water partition coefficient (Wildman–Crippen LogP) is 0.196. The molecular formula is C8H13N3O3. The van der Waals surface area contributed by atoms with Crippen LogP contribution in [0.25, 0.3) is 0 Å². The van der Waals surface area contributed by atoms with E-state index in [0.717, 1.165) is 0 Å². The topological polar surface area (TPSA) is 88.2 Å². The summed E-state index contributed by atoms with van der Waals surface area (Å²) in [6.07, 6.45) is 1.43. The summed E-state index contributed by atoms with van der Waals surface area (Å²) in [5, 5.41) is 25.1. The van der Waals surface area contributed by atoms with Crippen LogP contribution in [-0.2, 0) is 11.3 Å². The molecule has 1 heterocycles. The standard InChI is InChI=1S/C8H13N3O3/c1-6(12)8-10-9-5-11(8)4-2-3-7(13)14/h5-6,12H,2-4H2,1H3,(H,13,14). The smallest absolute Gasteiger partial charge is 0.303 e. The molecular weight excluding hydrogens is 186 g/mol. The summed E-state index contributed by atoms with van der Waals surface area (Å²) < 4.78 is 1.66. The van der Waals surface area contributed by atoms with Gasteiger partial charge in [-0.25, -0.2) is 0 Å². The molecule has 14 heavy (non-hydrogen) atoms. The number of aliphatic hydroxyl groups is 1. The molecule has 1 atom stereocenters. The lowest BCUT2D eigenvalue weighted by Gasteiger charge is -2.06. The molecule has 0 amide bonds. The van der Waals surface area contributed by atoms with Gasteiger partial charge in [-0.15, -0.1) is 10.2 Å². The van der Waals surface area contributed by atoms with Crippen molar-refractivity contribution in [3.05, 3.63) is 12.2 Å². The number of carboxylic acids is 1. The van der Waals surface area contributed by atoms with Crippen molar-refractivity contribution >= 4 is 5.97 Å². The lowest BCUT2D eigenvalue weighted by molar-refractivity contribution is -0.137. The Hall–Kier alpha value is -1.43. The van der Waals surface area contributed by atoms with Crippen LogP contribution in [0.1, 0.15) is 31.7 Å². The maximum absolute atomic E-state index is 10.3. The first kappa shape index (κ1) is 10.6. The van der Waals surface area contributed by atoms with Gasteiger partial charge < -0.3 is 14.8 Å². The van der Waals surface area contributed by atoms with E-state index in [2.05, 4.69) is 10.2 Å². The van der Waals surface area contributed by atoms with Crippen LogP contribution < -0.4 is 0 Å². The van der Waals surface area contributed by atoms with Crippen molar-refractivity contribution in [3.8, 4) is 0 Å². The van der Waals surface area contributed by atoms with Crippen LogP contribution >= 0.6 is 0 Å². The maximum Gasteiger partial charge on any atom is 0.303 e. The summed E-state index contributed by atoms with van der Waals surface area (Å²) in [5.74, 6) is -0.355. The van der Waals surface area contributed by atoms with Gasteiger partial charge in [-0.05, 0) is 13.3 Å². The Kier molecular flexibility index (Phi) is 3.58. The average molecular weight is 199 g/mol. The molecule has 1 rings (SSSR count). The van der Waals surface area contributed by atoms with E-state index >= 15 is 0 Å². The maximum atomic E-state index is 10.3. The Bertz CT molecular complexity index is 309. The fourth-order valence-corrected chi connectivity index (χ4v) is 1.16. The van der Waals surface area contributed by atoms with Crippen molar-refractivity contribution in [2.24, 2.45) is 0 Å². The van der Waals surface area contributed by atoms with E-state index in [-0.39, 0.29) is 6.42 Å². The number of carbonyl (C=O) groups is 1. The normalized spacial score (nSPS) is 12.7. The first-order chi connectivity index (χ1) is 6.61. The van der Waals surface area contributed by atoms with E-state index in [1.807, 2.05) is 0 Å². The van der Waals surface area contributed by atoms with Crippen molar-refractivity contribution in [3.63, 3.8) is 0 Å². The van der Waals surface area contributed by atoms with Gasteiger partial charge in [-0.3, -0.25) is 4.79 Å². The zero-order chi connectivity index (χ0) is 10.6. The van der Waals surface area contributed by atoms with Crippen molar-refractivity contribution in [2.45, 2.75) is 32.4 Å². The minimum Gasteiger partial charge on any atom is -0.481 e.